The highest BCUT2D eigenvalue weighted by Gasteiger charge is 2.19. The molecular weight excluding hydrogens is 234 g/mol. The third-order valence-corrected chi connectivity index (χ3v) is 3.01. The first-order valence-corrected chi connectivity index (χ1v) is 5.89. The molecule has 2 rings (SSSR count). The van der Waals surface area contributed by atoms with E-state index in [2.05, 4.69) is 5.32 Å². The number of carboxylic acids is 1. The van der Waals surface area contributed by atoms with Crippen LogP contribution in [0.1, 0.15) is 36.5 Å². The maximum Gasteiger partial charge on any atom is 0.303 e. The van der Waals surface area contributed by atoms with Crippen molar-refractivity contribution in [1.29, 1.82) is 0 Å². The average molecular weight is 249 g/mol. The summed E-state index contributed by atoms with van der Waals surface area (Å²) in [6, 6.07) is 5.34. The Hall–Kier alpha value is -1.88. The van der Waals surface area contributed by atoms with Gasteiger partial charge >= 0.3 is 5.97 Å². The second kappa shape index (κ2) is 5.18. The van der Waals surface area contributed by atoms with Crippen molar-refractivity contribution >= 4 is 17.6 Å². The first-order chi connectivity index (χ1) is 8.56. The van der Waals surface area contributed by atoms with Gasteiger partial charge in [0.15, 0.2) is 0 Å². The lowest BCUT2D eigenvalue weighted by Crippen LogP contribution is -2.03. The minimum Gasteiger partial charge on any atom is -0.481 e. The van der Waals surface area contributed by atoms with Gasteiger partial charge in [-0.2, -0.15) is 0 Å². The quantitative estimate of drug-likeness (QED) is 0.737. The number of carbonyl (C=O) groups is 2. The number of aliphatic carboxylic acids is 1. The standard InChI is InChI=1S/C13H15NO4/c15-11(2-1-3-13(17)18)8-4-5-10-9(6-8)7-12(16)14-10/h4-6,11,15H,1-3,7H2,(H,14,16)(H,17,18). The van der Waals surface area contributed by atoms with E-state index in [4.69, 9.17) is 5.11 Å². The molecule has 1 aromatic rings. The van der Waals surface area contributed by atoms with Gasteiger partial charge in [-0.05, 0) is 30.0 Å². The van der Waals surface area contributed by atoms with E-state index < -0.39 is 12.1 Å². The Morgan fingerprint density at radius 2 is 2.22 bits per heavy atom. The second-order valence-corrected chi connectivity index (χ2v) is 4.44. The number of hydrogen-bond donors (Lipinski definition) is 3. The largest absolute Gasteiger partial charge is 0.481 e. The van der Waals surface area contributed by atoms with E-state index in [0.29, 0.717) is 19.3 Å². The molecule has 0 spiro atoms. The van der Waals surface area contributed by atoms with Crippen molar-refractivity contribution in [3.63, 3.8) is 0 Å². The molecule has 5 heteroatoms. The summed E-state index contributed by atoms with van der Waals surface area (Å²) in [5, 5.41) is 21.2. The number of hydrogen-bond acceptors (Lipinski definition) is 3. The fourth-order valence-electron chi connectivity index (χ4n) is 2.07. The minimum absolute atomic E-state index is 0.0393. The summed E-state index contributed by atoms with van der Waals surface area (Å²) >= 11 is 0. The van der Waals surface area contributed by atoms with Crippen LogP contribution in [0, 0.1) is 0 Å². The number of amides is 1. The number of benzene rings is 1. The molecule has 0 aromatic heterocycles. The van der Waals surface area contributed by atoms with Crippen LogP contribution in [0.25, 0.3) is 0 Å². The lowest BCUT2D eigenvalue weighted by Gasteiger charge is -2.11. The SMILES string of the molecule is O=C(O)CCCC(O)c1ccc2c(c1)CC(=O)N2. The summed E-state index contributed by atoms with van der Waals surface area (Å²) < 4.78 is 0. The Labute approximate surface area is 104 Å². The van der Waals surface area contributed by atoms with Gasteiger partial charge in [0.05, 0.1) is 12.5 Å². The van der Waals surface area contributed by atoms with Gasteiger partial charge in [-0.25, -0.2) is 0 Å². The molecule has 1 unspecified atom stereocenters. The Morgan fingerprint density at radius 3 is 2.94 bits per heavy atom. The first kappa shape index (κ1) is 12.6. The monoisotopic (exact) mass is 249 g/mol. The van der Waals surface area contributed by atoms with Crippen molar-refractivity contribution in [3.05, 3.63) is 29.3 Å². The molecule has 18 heavy (non-hydrogen) atoms. The molecule has 1 atom stereocenters. The summed E-state index contributed by atoms with van der Waals surface area (Å²) in [5.41, 5.74) is 2.41. The molecule has 0 saturated carbocycles. The van der Waals surface area contributed by atoms with E-state index in [9.17, 15) is 14.7 Å². The van der Waals surface area contributed by atoms with E-state index in [0.717, 1.165) is 16.8 Å². The van der Waals surface area contributed by atoms with Gasteiger partial charge < -0.3 is 15.5 Å². The highest BCUT2D eigenvalue weighted by atomic mass is 16.4. The number of nitrogens with one attached hydrogen (secondary N) is 1. The zero-order valence-corrected chi connectivity index (χ0v) is 9.85. The molecule has 1 aromatic carbocycles. The molecule has 1 aliphatic heterocycles. The van der Waals surface area contributed by atoms with Gasteiger partial charge in [0.25, 0.3) is 0 Å². The molecule has 1 aliphatic rings. The summed E-state index contributed by atoms with van der Waals surface area (Å²) in [4.78, 5) is 21.6. The van der Waals surface area contributed by atoms with Gasteiger partial charge in [0, 0.05) is 12.1 Å². The van der Waals surface area contributed by atoms with Crippen LogP contribution in [0.4, 0.5) is 5.69 Å². The lowest BCUT2D eigenvalue weighted by molar-refractivity contribution is -0.137. The van der Waals surface area contributed by atoms with Gasteiger partial charge in [0.2, 0.25) is 5.91 Å². The van der Waals surface area contributed by atoms with Crippen molar-refractivity contribution in [1.82, 2.24) is 0 Å². The van der Waals surface area contributed by atoms with Crippen molar-refractivity contribution in [2.75, 3.05) is 5.32 Å². The zero-order chi connectivity index (χ0) is 13.1. The number of anilines is 1. The number of fused-ring (bicyclic) bond motifs is 1. The topological polar surface area (TPSA) is 86.6 Å². The van der Waals surface area contributed by atoms with Crippen molar-refractivity contribution < 1.29 is 19.8 Å². The van der Waals surface area contributed by atoms with Gasteiger partial charge in [-0.3, -0.25) is 9.59 Å². The summed E-state index contributed by atoms with van der Waals surface area (Å²) in [5.74, 6) is -0.895. The summed E-state index contributed by atoms with van der Waals surface area (Å²) in [6.07, 6.45) is 0.565. The Morgan fingerprint density at radius 1 is 1.44 bits per heavy atom. The van der Waals surface area contributed by atoms with E-state index in [1.807, 2.05) is 0 Å². The predicted octanol–water partition coefficient (Wildman–Crippen LogP) is 1.47. The van der Waals surface area contributed by atoms with Crippen molar-refractivity contribution in [2.45, 2.75) is 31.8 Å². The molecule has 0 saturated heterocycles. The van der Waals surface area contributed by atoms with Crippen LogP contribution in [-0.2, 0) is 16.0 Å². The maximum atomic E-state index is 11.2. The molecule has 96 valence electrons. The highest BCUT2D eigenvalue weighted by Crippen LogP contribution is 2.28. The molecule has 1 amide bonds. The number of carboxylic acid groups (broad SMARTS) is 1. The lowest BCUT2D eigenvalue weighted by atomic mass is 10.0. The van der Waals surface area contributed by atoms with E-state index in [1.54, 1.807) is 18.2 Å². The number of aliphatic hydroxyl groups excluding tert-OH is 1. The maximum absolute atomic E-state index is 11.2. The highest BCUT2D eigenvalue weighted by molar-refractivity contribution is 5.99. The molecule has 0 aliphatic carbocycles. The molecule has 0 fully saturated rings. The first-order valence-electron chi connectivity index (χ1n) is 5.89. The van der Waals surface area contributed by atoms with Crippen LogP contribution in [-0.4, -0.2) is 22.1 Å². The van der Waals surface area contributed by atoms with E-state index in [1.165, 1.54) is 0 Å². The van der Waals surface area contributed by atoms with Gasteiger partial charge in [-0.15, -0.1) is 0 Å². The van der Waals surface area contributed by atoms with Crippen LogP contribution in [0.2, 0.25) is 0 Å². The fraction of sp³-hybridized carbons (Fsp3) is 0.385. The smallest absolute Gasteiger partial charge is 0.303 e. The van der Waals surface area contributed by atoms with E-state index in [-0.39, 0.29) is 12.3 Å². The summed E-state index contributed by atoms with van der Waals surface area (Å²) in [6.45, 7) is 0. The summed E-state index contributed by atoms with van der Waals surface area (Å²) in [7, 11) is 0. The van der Waals surface area contributed by atoms with Crippen molar-refractivity contribution in [2.24, 2.45) is 0 Å². The molecule has 0 radical (unpaired) electrons. The fourth-order valence-corrected chi connectivity index (χ4v) is 2.07. The van der Waals surface area contributed by atoms with Crippen LogP contribution in [0.15, 0.2) is 18.2 Å². The molecule has 3 N–H and O–H groups in total. The third-order valence-electron chi connectivity index (χ3n) is 3.01. The van der Waals surface area contributed by atoms with Crippen LogP contribution in [0.3, 0.4) is 0 Å². The number of rotatable bonds is 5. The molecule has 5 nitrogen and oxygen atoms in total. The number of aliphatic hydroxyl groups is 1. The van der Waals surface area contributed by atoms with Gasteiger partial charge in [0.1, 0.15) is 0 Å². The van der Waals surface area contributed by atoms with Crippen LogP contribution < -0.4 is 5.32 Å². The molecule has 0 bridgehead atoms. The second-order valence-electron chi connectivity index (χ2n) is 4.44. The van der Waals surface area contributed by atoms with Crippen molar-refractivity contribution in [3.8, 4) is 0 Å². The normalized spacial score (nSPS) is 15.1. The Bertz CT molecular complexity index is 484. The molecular formula is C13H15NO4. The Balaban J connectivity index is 1.99. The average Bonchev–Trinajstić information content (AvgIpc) is 2.67. The number of carbonyl (C=O) groups excluding carboxylic acids is 1. The molecule has 1 heterocycles. The zero-order valence-electron chi connectivity index (χ0n) is 9.85. The van der Waals surface area contributed by atoms with Gasteiger partial charge in [-0.1, -0.05) is 12.1 Å². The Kier molecular flexibility index (Phi) is 3.62. The van der Waals surface area contributed by atoms with Crippen LogP contribution in [0.5, 0.6) is 0 Å². The van der Waals surface area contributed by atoms with E-state index >= 15 is 0 Å². The third kappa shape index (κ3) is 2.87. The predicted molar refractivity (Wildman–Crippen MR) is 65.2 cm³/mol. The minimum atomic E-state index is -0.856. The van der Waals surface area contributed by atoms with Crippen LogP contribution >= 0.6 is 0 Å².